The molecular formula is C13H29NO. The van der Waals surface area contributed by atoms with Crippen molar-refractivity contribution in [3.63, 3.8) is 0 Å². The van der Waals surface area contributed by atoms with Gasteiger partial charge in [0.05, 0.1) is 0 Å². The van der Waals surface area contributed by atoms with Gasteiger partial charge in [-0.05, 0) is 40.3 Å². The summed E-state index contributed by atoms with van der Waals surface area (Å²) in [6.45, 7) is 6.08. The number of nitrogens with zero attached hydrogens (tertiary/aromatic N) is 1. The molecule has 0 amide bonds. The third kappa shape index (κ3) is 10.2. The minimum absolute atomic E-state index is 0.360. The molecule has 2 heteroatoms. The summed E-state index contributed by atoms with van der Waals surface area (Å²) in [6, 6.07) is 0.676. The molecule has 0 aromatic carbocycles. The van der Waals surface area contributed by atoms with Gasteiger partial charge < -0.3 is 10.0 Å². The van der Waals surface area contributed by atoms with Crippen molar-refractivity contribution < 1.29 is 5.11 Å². The Morgan fingerprint density at radius 1 is 0.867 bits per heavy atom. The lowest BCUT2D eigenvalue weighted by Crippen LogP contribution is -2.27. The molecule has 0 radical (unpaired) electrons. The van der Waals surface area contributed by atoms with Crippen LogP contribution in [-0.4, -0.2) is 36.2 Å². The van der Waals surface area contributed by atoms with E-state index in [4.69, 9.17) is 5.11 Å². The van der Waals surface area contributed by atoms with E-state index in [1.54, 1.807) is 0 Å². The van der Waals surface area contributed by atoms with Crippen molar-refractivity contribution in [3.8, 4) is 0 Å². The molecule has 0 atom stereocenters. The zero-order valence-corrected chi connectivity index (χ0v) is 10.8. The van der Waals surface area contributed by atoms with Crippen LogP contribution < -0.4 is 0 Å². The van der Waals surface area contributed by atoms with Crippen molar-refractivity contribution in [2.45, 2.75) is 64.8 Å². The molecule has 0 aromatic heterocycles. The van der Waals surface area contributed by atoms with Crippen LogP contribution >= 0.6 is 0 Å². The quantitative estimate of drug-likeness (QED) is 0.566. The highest BCUT2D eigenvalue weighted by Gasteiger charge is 2.01. The van der Waals surface area contributed by atoms with Crippen molar-refractivity contribution in [2.75, 3.05) is 20.2 Å². The maximum atomic E-state index is 8.61. The summed E-state index contributed by atoms with van der Waals surface area (Å²) < 4.78 is 0. The summed E-state index contributed by atoms with van der Waals surface area (Å²) in [5.41, 5.74) is 0. The molecule has 0 saturated heterocycles. The van der Waals surface area contributed by atoms with Crippen LogP contribution in [0.4, 0.5) is 0 Å². The second-order valence-electron chi connectivity index (χ2n) is 4.77. The third-order valence-electron chi connectivity index (χ3n) is 3.05. The number of rotatable bonds is 10. The highest BCUT2D eigenvalue weighted by Crippen LogP contribution is 2.07. The Morgan fingerprint density at radius 2 is 1.33 bits per heavy atom. The Hall–Kier alpha value is -0.0800. The average molecular weight is 215 g/mol. The molecule has 0 rings (SSSR count). The van der Waals surface area contributed by atoms with Crippen molar-refractivity contribution in [1.82, 2.24) is 4.90 Å². The zero-order chi connectivity index (χ0) is 11.5. The first-order chi connectivity index (χ1) is 7.18. The molecule has 0 aliphatic heterocycles. The lowest BCUT2D eigenvalue weighted by molar-refractivity contribution is 0.266. The molecule has 0 aliphatic carbocycles. The molecule has 92 valence electrons. The summed E-state index contributed by atoms with van der Waals surface area (Å²) >= 11 is 0. The van der Waals surface area contributed by atoms with E-state index in [0.717, 1.165) is 6.42 Å². The molecule has 0 spiro atoms. The van der Waals surface area contributed by atoms with E-state index in [2.05, 4.69) is 25.8 Å². The monoisotopic (exact) mass is 215 g/mol. The Balaban J connectivity index is 3.05. The summed E-state index contributed by atoms with van der Waals surface area (Å²) in [4.78, 5) is 2.41. The predicted molar refractivity (Wildman–Crippen MR) is 67.2 cm³/mol. The Kier molecular flexibility index (Phi) is 10.4. The number of aliphatic hydroxyl groups excluding tert-OH is 1. The van der Waals surface area contributed by atoms with E-state index in [1.807, 2.05) is 0 Å². The SMILES string of the molecule is CC(C)N(C)CCCCCCCCCO. The highest BCUT2D eigenvalue weighted by molar-refractivity contribution is 4.56. The van der Waals surface area contributed by atoms with E-state index < -0.39 is 0 Å². The van der Waals surface area contributed by atoms with Crippen LogP contribution in [0.25, 0.3) is 0 Å². The number of hydrogen-bond acceptors (Lipinski definition) is 2. The lowest BCUT2D eigenvalue weighted by atomic mass is 10.1. The van der Waals surface area contributed by atoms with E-state index in [9.17, 15) is 0 Å². The van der Waals surface area contributed by atoms with Crippen molar-refractivity contribution >= 4 is 0 Å². The number of aliphatic hydroxyl groups is 1. The molecular weight excluding hydrogens is 186 g/mol. The highest BCUT2D eigenvalue weighted by atomic mass is 16.2. The Morgan fingerprint density at radius 3 is 1.80 bits per heavy atom. The summed E-state index contributed by atoms with van der Waals surface area (Å²) in [7, 11) is 2.20. The van der Waals surface area contributed by atoms with Gasteiger partial charge in [0, 0.05) is 12.6 Å². The number of hydrogen-bond donors (Lipinski definition) is 1. The van der Waals surface area contributed by atoms with Gasteiger partial charge in [0.2, 0.25) is 0 Å². The lowest BCUT2D eigenvalue weighted by Gasteiger charge is -2.20. The van der Waals surface area contributed by atoms with Gasteiger partial charge in [0.1, 0.15) is 0 Å². The van der Waals surface area contributed by atoms with Gasteiger partial charge >= 0.3 is 0 Å². The van der Waals surface area contributed by atoms with E-state index >= 15 is 0 Å². The van der Waals surface area contributed by atoms with Gasteiger partial charge in [-0.2, -0.15) is 0 Å². The van der Waals surface area contributed by atoms with Crippen LogP contribution in [0.2, 0.25) is 0 Å². The predicted octanol–water partition coefficient (Wildman–Crippen LogP) is 3.05. The second kappa shape index (κ2) is 10.4. The molecule has 0 saturated carbocycles. The fourth-order valence-electron chi connectivity index (χ4n) is 1.62. The van der Waals surface area contributed by atoms with Crippen molar-refractivity contribution in [2.24, 2.45) is 0 Å². The van der Waals surface area contributed by atoms with E-state index in [1.165, 1.54) is 45.1 Å². The standard InChI is InChI=1S/C13H29NO/c1-13(2)14(3)11-9-7-5-4-6-8-10-12-15/h13,15H,4-12H2,1-3H3. The molecule has 0 heterocycles. The molecule has 0 aliphatic rings. The Labute approximate surface area is 95.7 Å². The van der Waals surface area contributed by atoms with Gasteiger partial charge in [0.15, 0.2) is 0 Å². The van der Waals surface area contributed by atoms with Gasteiger partial charge in [-0.1, -0.05) is 32.1 Å². The minimum atomic E-state index is 0.360. The average Bonchev–Trinajstić information content (AvgIpc) is 2.21. The smallest absolute Gasteiger partial charge is 0.0431 e. The van der Waals surface area contributed by atoms with Crippen LogP contribution in [-0.2, 0) is 0 Å². The van der Waals surface area contributed by atoms with Crippen molar-refractivity contribution in [3.05, 3.63) is 0 Å². The van der Waals surface area contributed by atoms with Crippen molar-refractivity contribution in [1.29, 1.82) is 0 Å². The Bertz CT molecular complexity index is 126. The third-order valence-corrected chi connectivity index (χ3v) is 3.05. The van der Waals surface area contributed by atoms with Crippen LogP contribution in [0, 0.1) is 0 Å². The topological polar surface area (TPSA) is 23.5 Å². The fourth-order valence-corrected chi connectivity index (χ4v) is 1.62. The van der Waals surface area contributed by atoms with Crippen LogP contribution in [0.3, 0.4) is 0 Å². The van der Waals surface area contributed by atoms with E-state index in [-0.39, 0.29) is 0 Å². The van der Waals surface area contributed by atoms with Crippen LogP contribution in [0.15, 0.2) is 0 Å². The van der Waals surface area contributed by atoms with Gasteiger partial charge in [-0.25, -0.2) is 0 Å². The molecule has 0 fully saturated rings. The van der Waals surface area contributed by atoms with Gasteiger partial charge in [-0.15, -0.1) is 0 Å². The number of unbranched alkanes of at least 4 members (excludes halogenated alkanes) is 6. The molecule has 0 bridgehead atoms. The summed E-state index contributed by atoms with van der Waals surface area (Å²) in [5.74, 6) is 0. The van der Waals surface area contributed by atoms with Crippen LogP contribution in [0.5, 0.6) is 0 Å². The first-order valence-corrected chi connectivity index (χ1v) is 6.49. The summed E-state index contributed by atoms with van der Waals surface area (Å²) in [5, 5.41) is 8.61. The summed E-state index contributed by atoms with van der Waals surface area (Å²) in [6.07, 6.45) is 8.85. The molecule has 0 unspecified atom stereocenters. The molecule has 1 N–H and O–H groups in total. The first-order valence-electron chi connectivity index (χ1n) is 6.49. The van der Waals surface area contributed by atoms with Gasteiger partial charge in [-0.3, -0.25) is 0 Å². The fraction of sp³-hybridized carbons (Fsp3) is 1.00. The maximum absolute atomic E-state index is 8.61. The van der Waals surface area contributed by atoms with Crippen LogP contribution in [0.1, 0.15) is 58.8 Å². The minimum Gasteiger partial charge on any atom is -0.396 e. The molecule has 0 aromatic rings. The maximum Gasteiger partial charge on any atom is 0.0431 e. The van der Waals surface area contributed by atoms with E-state index in [0.29, 0.717) is 12.6 Å². The molecule has 2 nitrogen and oxygen atoms in total. The first kappa shape index (κ1) is 14.9. The van der Waals surface area contributed by atoms with Gasteiger partial charge in [0.25, 0.3) is 0 Å². The molecule has 15 heavy (non-hydrogen) atoms. The second-order valence-corrected chi connectivity index (χ2v) is 4.77. The normalized spacial score (nSPS) is 11.6. The zero-order valence-electron chi connectivity index (χ0n) is 10.8. The largest absolute Gasteiger partial charge is 0.396 e.